The minimum atomic E-state index is -1.01. The number of amides is 1. The lowest BCUT2D eigenvalue weighted by molar-refractivity contribution is -0.124. The van der Waals surface area contributed by atoms with Crippen molar-refractivity contribution in [2.24, 2.45) is 17.3 Å². The van der Waals surface area contributed by atoms with Crippen molar-refractivity contribution in [2.45, 2.75) is 97.8 Å². The third-order valence-corrected chi connectivity index (χ3v) is 9.92. The van der Waals surface area contributed by atoms with Gasteiger partial charge in [0.25, 0.3) is 0 Å². The van der Waals surface area contributed by atoms with Gasteiger partial charge in [0.1, 0.15) is 11.0 Å². The standard InChI is InChI=1S/C35H47N3O5S/c1-24-8-10-25(11-9-24)33(39)38(30-22-29(16-17-35(2,3)4)44-32(30)34(40)41)27-12-14-28(15-13-27)43-31-7-5-6-26(36-31)23-37-18-20-42-21-19-37/h5-7,22,24-25,27-28H,8-15,18-21,23H2,1-4H3,(H,40,41). The molecule has 2 aromatic rings. The van der Waals surface area contributed by atoms with E-state index in [-0.39, 0.29) is 34.3 Å². The van der Waals surface area contributed by atoms with Crippen LogP contribution in [0.4, 0.5) is 5.69 Å². The fourth-order valence-electron chi connectivity index (χ4n) is 6.42. The first-order valence-corrected chi connectivity index (χ1v) is 17.0. The van der Waals surface area contributed by atoms with Crippen molar-refractivity contribution in [3.05, 3.63) is 39.7 Å². The molecule has 2 saturated carbocycles. The van der Waals surface area contributed by atoms with E-state index < -0.39 is 5.97 Å². The highest BCUT2D eigenvalue weighted by molar-refractivity contribution is 7.15. The molecule has 3 fully saturated rings. The van der Waals surface area contributed by atoms with Crippen LogP contribution in [0.1, 0.15) is 99.3 Å². The Morgan fingerprint density at radius 1 is 1.09 bits per heavy atom. The van der Waals surface area contributed by atoms with Gasteiger partial charge in [-0.2, -0.15) is 0 Å². The van der Waals surface area contributed by atoms with Gasteiger partial charge in [0.05, 0.1) is 29.5 Å². The van der Waals surface area contributed by atoms with Crippen molar-refractivity contribution in [1.29, 1.82) is 0 Å². The molecule has 8 nitrogen and oxygen atoms in total. The van der Waals surface area contributed by atoms with E-state index in [4.69, 9.17) is 14.5 Å². The lowest BCUT2D eigenvalue weighted by Crippen LogP contribution is -2.47. The zero-order chi connectivity index (χ0) is 31.3. The van der Waals surface area contributed by atoms with E-state index in [0.717, 1.165) is 89.9 Å². The molecule has 5 rings (SSSR count). The van der Waals surface area contributed by atoms with Gasteiger partial charge in [0, 0.05) is 43.1 Å². The number of carbonyl (C=O) groups excluding carboxylic acids is 1. The maximum atomic E-state index is 14.2. The molecule has 0 unspecified atom stereocenters. The Balaban J connectivity index is 1.32. The number of carboxylic acid groups (broad SMARTS) is 1. The van der Waals surface area contributed by atoms with Crippen molar-refractivity contribution >= 4 is 28.9 Å². The summed E-state index contributed by atoms with van der Waals surface area (Å²) in [6.07, 6.45) is 6.79. The second-order valence-electron chi connectivity index (χ2n) is 13.7. The van der Waals surface area contributed by atoms with Crippen LogP contribution in [0, 0.1) is 29.1 Å². The van der Waals surface area contributed by atoms with Crippen LogP contribution in [-0.2, 0) is 16.1 Å². The molecule has 3 heterocycles. The summed E-state index contributed by atoms with van der Waals surface area (Å²) in [6, 6.07) is 7.70. The largest absolute Gasteiger partial charge is 0.477 e. The molecule has 2 aliphatic carbocycles. The van der Waals surface area contributed by atoms with E-state index in [0.29, 0.717) is 22.4 Å². The highest BCUT2D eigenvalue weighted by Gasteiger charge is 2.38. The fourth-order valence-corrected chi connectivity index (χ4v) is 7.26. The zero-order valence-corrected chi connectivity index (χ0v) is 27.5. The first-order chi connectivity index (χ1) is 21.1. The molecule has 2 aromatic heterocycles. The number of nitrogens with zero attached hydrogens (tertiary/aromatic N) is 3. The molecule has 44 heavy (non-hydrogen) atoms. The second-order valence-corrected chi connectivity index (χ2v) is 14.8. The molecule has 3 aliphatic rings. The summed E-state index contributed by atoms with van der Waals surface area (Å²) in [5, 5.41) is 10.2. The molecule has 1 aliphatic heterocycles. The van der Waals surface area contributed by atoms with Gasteiger partial charge in [-0.05, 0) is 90.2 Å². The lowest BCUT2D eigenvalue weighted by Gasteiger charge is -2.39. The molecule has 1 N–H and O–H groups in total. The van der Waals surface area contributed by atoms with Gasteiger partial charge in [-0.15, -0.1) is 11.3 Å². The van der Waals surface area contributed by atoms with E-state index in [9.17, 15) is 14.7 Å². The van der Waals surface area contributed by atoms with Crippen LogP contribution in [0.3, 0.4) is 0 Å². The quantitative estimate of drug-likeness (QED) is 0.331. The number of carboxylic acids is 1. The SMILES string of the molecule is CC1CCC(C(=O)N(c2cc(C#CC(C)(C)C)sc2C(=O)O)C2CCC(Oc3cccc(CN4CCOCC4)n3)CC2)CC1. The number of ether oxygens (including phenoxy) is 2. The molecule has 0 bridgehead atoms. The molecule has 0 aromatic carbocycles. The van der Waals surface area contributed by atoms with Crippen molar-refractivity contribution in [3.8, 4) is 17.7 Å². The number of aromatic carboxylic acids is 1. The van der Waals surface area contributed by atoms with Gasteiger partial charge >= 0.3 is 5.97 Å². The van der Waals surface area contributed by atoms with Crippen molar-refractivity contribution in [1.82, 2.24) is 9.88 Å². The number of morpholine rings is 1. The normalized spacial score (nSPS) is 24.6. The minimum Gasteiger partial charge on any atom is -0.477 e. The molecular formula is C35H47N3O5S. The number of hydrogen-bond acceptors (Lipinski definition) is 7. The molecule has 1 amide bonds. The van der Waals surface area contributed by atoms with Gasteiger partial charge in [-0.25, -0.2) is 9.78 Å². The molecular weight excluding hydrogens is 574 g/mol. The van der Waals surface area contributed by atoms with E-state index in [1.165, 1.54) is 11.3 Å². The summed E-state index contributed by atoms with van der Waals surface area (Å²) in [5.74, 6) is 6.63. The third kappa shape index (κ3) is 8.62. The first-order valence-electron chi connectivity index (χ1n) is 16.2. The predicted molar refractivity (Wildman–Crippen MR) is 173 cm³/mol. The Morgan fingerprint density at radius 3 is 2.45 bits per heavy atom. The van der Waals surface area contributed by atoms with Crippen LogP contribution in [0.5, 0.6) is 5.88 Å². The molecule has 0 spiro atoms. The Morgan fingerprint density at radius 2 is 1.80 bits per heavy atom. The van der Waals surface area contributed by atoms with Crippen LogP contribution < -0.4 is 9.64 Å². The molecule has 9 heteroatoms. The van der Waals surface area contributed by atoms with Crippen molar-refractivity contribution < 1.29 is 24.2 Å². The van der Waals surface area contributed by atoms with Gasteiger partial charge in [-0.1, -0.05) is 24.8 Å². The topological polar surface area (TPSA) is 92.2 Å². The van der Waals surface area contributed by atoms with Crippen LogP contribution >= 0.6 is 11.3 Å². The highest BCUT2D eigenvalue weighted by atomic mass is 32.1. The highest BCUT2D eigenvalue weighted by Crippen LogP contribution is 2.39. The first kappa shape index (κ1) is 32.5. The summed E-state index contributed by atoms with van der Waals surface area (Å²) in [6.45, 7) is 12.4. The van der Waals surface area contributed by atoms with Gasteiger partial charge < -0.3 is 19.5 Å². The Kier molecular flexibility index (Phi) is 10.7. The van der Waals surface area contributed by atoms with Crippen LogP contribution in [0.15, 0.2) is 24.3 Å². The average Bonchev–Trinajstić information content (AvgIpc) is 3.42. The average molecular weight is 622 g/mol. The van der Waals surface area contributed by atoms with Crippen LogP contribution in [0.25, 0.3) is 0 Å². The summed E-state index contributed by atoms with van der Waals surface area (Å²) < 4.78 is 11.8. The van der Waals surface area contributed by atoms with E-state index >= 15 is 0 Å². The van der Waals surface area contributed by atoms with Crippen molar-refractivity contribution in [3.63, 3.8) is 0 Å². The molecule has 0 radical (unpaired) electrons. The maximum absolute atomic E-state index is 14.2. The smallest absolute Gasteiger partial charge is 0.348 e. The molecule has 0 atom stereocenters. The Bertz CT molecular complexity index is 1350. The van der Waals surface area contributed by atoms with Gasteiger partial charge in [-0.3, -0.25) is 9.69 Å². The lowest BCUT2D eigenvalue weighted by atomic mass is 9.81. The summed E-state index contributed by atoms with van der Waals surface area (Å²) >= 11 is 1.17. The van der Waals surface area contributed by atoms with E-state index in [2.05, 4.69) is 23.7 Å². The van der Waals surface area contributed by atoms with Crippen molar-refractivity contribution in [2.75, 3.05) is 31.2 Å². The summed E-state index contributed by atoms with van der Waals surface area (Å²) in [4.78, 5) is 36.5. The number of hydrogen-bond donors (Lipinski definition) is 1. The monoisotopic (exact) mass is 621 g/mol. The number of anilines is 1. The molecule has 1 saturated heterocycles. The van der Waals surface area contributed by atoms with Gasteiger partial charge in [0.2, 0.25) is 11.8 Å². The third-order valence-electron chi connectivity index (χ3n) is 8.90. The number of rotatable bonds is 8. The number of pyridine rings is 1. The number of thiophene rings is 1. The van der Waals surface area contributed by atoms with Crippen LogP contribution in [0.2, 0.25) is 0 Å². The van der Waals surface area contributed by atoms with E-state index in [1.807, 2.05) is 49.9 Å². The van der Waals surface area contributed by atoms with E-state index in [1.54, 1.807) is 0 Å². The summed E-state index contributed by atoms with van der Waals surface area (Å²) in [5.41, 5.74) is 1.28. The Labute approximate surface area is 266 Å². The second kappa shape index (κ2) is 14.4. The maximum Gasteiger partial charge on any atom is 0.348 e. The zero-order valence-electron chi connectivity index (χ0n) is 26.6. The van der Waals surface area contributed by atoms with Crippen LogP contribution in [-0.4, -0.2) is 65.3 Å². The minimum absolute atomic E-state index is 0.000462. The van der Waals surface area contributed by atoms with Gasteiger partial charge in [0.15, 0.2) is 0 Å². The number of aromatic nitrogens is 1. The summed E-state index contributed by atoms with van der Waals surface area (Å²) in [7, 11) is 0. The fraction of sp³-hybridized carbons (Fsp3) is 0.629. The number of carbonyl (C=O) groups is 2. The molecule has 238 valence electrons. The Hall–Kier alpha value is -2.93. The predicted octanol–water partition coefficient (Wildman–Crippen LogP) is 6.62.